The van der Waals surface area contributed by atoms with E-state index in [1.165, 1.54) is 0 Å². The lowest BCUT2D eigenvalue weighted by atomic mass is 10.4. The third kappa shape index (κ3) is 6.02. The molecule has 0 heterocycles. The minimum Gasteiger partial charge on any atom is -0.380 e. The van der Waals surface area contributed by atoms with Gasteiger partial charge in [0.15, 0.2) is 0 Å². The van der Waals surface area contributed by atoms with Crippen molar-refractivity contribution >= 4 is 32.1 Å². The van der Waals surface area contributed by atoms with Gasteiger partial charge in [-0.2, -0.15) is 0 Å². The van der Waals surface area contributed by atoms with Gasteiger partial charge in [0.2, 0.25) is 0 Å². The Labute approximate surface area is 98.4 Å². The normalized spacial score (nSPS) is 16.9. The van der Waals surface area contributed by atoms with Gasteiger partial charge in [0.05, 0.1) is 8.07 Å². The molecule has 0 amide bonds. The van der Waals surface area contributed by atoms with Crippen molar-refractivity contribution in [2.24, 2.45) is 0 Å². The summed E-state index contributed by atoms with van der Waals surface area (Å²) in [4.78, 5) is 0. The second-order valence-electron chi connectivity index (χ2n) is 5.73. The second-order valence-corrected chi connectivity index (χ2v) is 17.7. The zero-order valence-corrected chi connectivity index (χ0v) is 13.6. The number of alkyl halides is 1. The van der Waals surface area contributed by atoms with Gasteiger partial charge in [-0.1, -0.05) is 61.1 Å². The third-order valence-electron chi connectivity index (χ3n) is 1.70. The van der Waals surface area contributed by atoms with Crippen molar-refractivity contribution < 1.29 is 5.11 Å². The van der Waals surface area contributed by atoms with Gasteiger partial charge in [0, 0.05) is 4.45 Å². The van der Waals surface area contributed by atoms with Crippen LogP contribution in [0.5, 0.6) is 0 Å². The van der Waals surface area contributed by atoms with Gasteiger partial charge < -0.3 is 5.11 Å². The molecule has 2 atom stereocenters. The Morgan fingerprint density at radius 2 is 1.50 bits per heavy atom. The summed E-state index contributed by atoms with van der Waals surface area (Å²) in [5.74, 6) is 2.98. The Bertz CT molecular complexity index is 242. The van der Waals surface area contributed by atoms with Crippen LogP contribution in [0.4, 0.5) is 0 Å². The van der Waals surface area contributed by atoms with Gasteiger partial charge in [-0.25, -0.2) is 0 Å². The molecule has 0 rings (SSSR count). The maximum Gasteiger partial charge on any atom is 0.129 e. The van der Waals surface area contributed by atoms with Gasteiger partial charge >= 0.3 is 0 Å². The molecule has 0 aromatic heterocycles. The lowest BCUT2D eigenvalue weighted by Gasteiger charge is -2.25. The van der Waals surface area contributed by atoms with Crippen molar-refractivity contribution in [3.8, 4) is 11.5 Å². The van der Waals surface area contributed by atoms with Crippen molar-refractivity contribution in [3.63, 3.8) is 0 Å². The summed E-state index contributed by atoms with van der Waals surface area (Å²) in [7, 11) is -2.69. The summed E-state index contributed by atoms with van der Waals surface area (Å²) in [6.45, 7) is 13.2. The van der Waals surface area contributed by atoms with Crippen molar-refractivity contribution in [1.29, 1.82) is 0 Å². The van der Waals surface area contributed by atoms with E-state index < -0.39 is 22.3 Å². The minimum atomic E-state index is -1.35. The Balaban J connectivity index is 4.48. The van der Waals surface area contributed by atoms with E-state index in [4.69, 9.17) is 0 Å². The smallest absolute Gasteiger partial charge is 0.129 e. The highest BCUT2D eigenvalue weighted by Crippen LogP contribution is 2.19. The average Bonchev–Trinajstić information content (AvgIpc) is 1.95. The molecule has 0 aliphatic heterocycles. The molecule has 1 N–H and O–H groups in total. The molecule has 0 spiro atoms. The molecule has 1 nitrogen and oxygen atoms in total. The summed E-state index contributed by atoms with van der Waals surface area (Å²) in [6.07, 6.45) is -0.506. The topological polar surface area (TPSA) is 20.2 Å². The number of aliphatic hydroxyl groups is 1. The van der Waals surface area contributed by atoms with E-state index in [2.05, 4.69) is 66.7 Å². The lowest BCUT2D eigenvalue weighted by molar-refractivity contribution is 0.248. The van der Waals surface area contributed by atoms with Gasteiger partial charge in [-0.05, 0) is 0 Å². The molecule has 14 heavy (non-hydrogen) atoms. The predicted octanol–water partition coefficient (Wildman–Crippen LogP) is 2.87. The summed E-state index contributed by atoms with van der Waals surface area (Å²) in [5, 5.41) is 9.85. The maximum absolute atomic E-state index is 9.85. The molecule has 0 radical (unpaired) electrons. The van der Waals surface area contributed by atoms with E-state index in [1.807, 2.05) is 0 Å². The van der Waals surface area contributed by atoms with Crippen LogP contribution in [0.25, 0.3) is 0 Å². The van der Waals surface area contributed by atoms with E-state index in [9.17, 15) is 5.11 Å². The van der Waals surface area contributed by atoms with Crippen LogP contribution in [0.3, 0.4) is 0 Å². The van der Waals surface area contributed by atoms with E-state index in [0.717, 1.165) is 0 Å². The Morgan fingerprint density at radius 3 is 1.79 bits per heavy atom. The molecule has 0 unspecified atom stereocenters. The molecule has 82 valence electrons. The predicted molar refractivity (Wildman–Crippen MR) is 73.2 cm³/mol. The van der Waals surface area contributed by atoms with Gasteiger partial charge in [0.1, 0.15) is 14.2 Å². The molecule has 0 fully saturated rings. The number of aliphatic hydroxyl groups excluding tert-OH is 1. The highest BCUT2D eigenvalue weighted by molar-refractivity contribution is 9.10. The SMILES string of the molecule is C[Si](C)(C)C#C[C@H](O)[C@H](Br)[Si](C)(C)C. The molecule has 4 heteroatoms. The first-order valence-electron chi connectivity index (χ1n) is 4.89. The number of rotatable bonds is 2. The zero-order valence-electron chi connectivity index (χ0n) is 9.98. The Kier molecular flexibility index (Phi) is 5.13. The highest BCUT2D eigenvalue weighted by Gasteiger charge is 2.29. The zero-order chi connectivity index (χ0) is 11.6. The Hall–Kier alpha value is 0.434. The lowest BCUT2D eigenvalue weighted by Crippen LogP contribution is -2.41. The first-order valence-corrected chi connectivity index (χ1v) is 12.9. The second kappa shape index (κ2) is 4.97. The van der Waals surface area contributed by atoms with Crippen LogP contribution in [-0.2, 0) is 0 Å². The van der Waals surface area contributed by atoms with E-state index in [-0.39, 0.29) is 4.45 Å². The van der Waals surface area contributed by atoms with Crippen LogP contribution in [-0.4, -0.2) is 31.8 Å². The quantitative estimate of drug-likeness (QED) is 0.471. The summed E-state index contributed by atoms with van der Waals surface area (Å²) in [5.41, 5.74) is 3.21. The van der Waals surface area contributed by atoms with Crippen LogP contribution >= 0.6 is 15.9 Å². The van der Waals surface area contributed by atoms with E-state index >= 15 is 0 Å². The van der Waals surface area contributed by atoms with Gasteiger partial charge in [0.25, 0.3) is 0 Å². The molecule has 0 saturated carbocycles. The maximum atomic E-state index is 9.85. The Morgan fingerprint density at radius 1 is 1.07 bits per heavy atom. The van der Waals surface area contributed by atoms with Crippen LogP contribution in [0.1, 0.15) is 0 Å². The molecule has 0 aromatic rings. The van der Waals surface area contributed by atoms with Crippen molar-refractivity contribution in [1.82, 2.24) is 0 Å². The van der Waals surface area contributed by atoms with Gasteiger partial charge in [-0.3, -0.25) is 0 Å². The first-order chi connectivity index (χ1) is 6.04. The first kappa shape index (κ1) is 14.4. The van der Waals surface area contributed by atoms with Gasteiger partial charge in [-0.15, -0.1) is 5.54 Å². The van der Waals surface area contributed by atoms with E-state index in [1.54, 1.807) is 0 Å². The fourth-order valence-electron chi connectivity index (χ4n) is 0.837. The van der Waals surface area contributed by atoms with Crippen molar-refractivity contribution in [2.45, 2.75) is 49.8 Å². The highest BCUT2D eigenvalue weighted by atomic mass is 79.9. The molecule has 0 aliphatic carbocycles. The largest absolute Gasteiger partial charge is 0.380 e. The van der Waals surface area contributed by atoms with Crippen molar-refractivity contribution in [2.75, 3.05) is 0 Å². The fraction of sp³-hybridized carbons (Fsp3) is 0.800. The molecular formula is C10H21BrOSi2. The molecule has 0 saturated heterocycles. The number of hydrogen-bond donors (Lipinski definition) is 1. The average molecular weight is 293 g/mol. The minimum absolute atomic E-state index is 0.166. The van der Waals surface area contributed by atoms with Crippen LogP contribution in [0.2, 0.25) is 39.3 Å². The molecule has 0 aliphatic rings. The van der Waals surface area contributed by atoms with Crippen LogP contribution in [0.15, 0.2) is 0 Å². The molecule has 0 bridgehead atoms. The summed E-state index contributed by atoms with van der Waals surface area (Å²) in [6, 6.07) is 0. The van der Waals surface area contributed by atoms with E-state index in [0.29, 0.717) is 0 Å². The van der Waals surface area contributed by atoms with Crippen molar-refractivity contribution in [3.05, 3.63) is 0 Å². The number of halogens is 1. The van der Waals surface area contributed by atoms with Crippen LogP contribution < -0.4 is 0 Å². The standard InChI is InChI=1S/C10H21BrOSi2/c1-13(2,3)8-7-9(12)10(11)14(4,5)6/h9-10,12H,1-6H3/t9-,10+/m0/s1. The fourth-order valence-corrected chi connectivity index (χ4v) is 2.58. The molecular weight excluding hydrogens is 272 g/mol. The summed E-state index contributed by atoms with van der Waals surface area (Å²) >= 11 is 3.56. The summed E-state index contributed by atoms with van der Waals surface area (Å²) < 4.78 is 0.166. The molecule has 0 aromatic carbocycles. The monoisotopic (exact) mass is 292 g/mol. The van der Waals surface area contributed by atoms with Crippen LogP contribution in [0, 0.1) is 11.5 Å². The third-order valence-corrected chi connectivity index (χ3v) is 9.19. The number of hydrogen-bond acceptors (Lipinski definition) is 1.